The van der Waals surface area contributed by atoms with Gasteiger partial charge in [0.25, 0.3) is 0 Å². The van der Waals surface area contributed by atoms with Gasteiger partial charge in [-0.15, -0.1) is 0 Å². The quantitative estimate of drug-likeness (QED) is 0.580. The van der Waals surface area contributed by atoms with Crippen molar-refractivity contribution in [3.05, 3.63) is 41.4 Å². The molecule has 0 saturated carbocycles. The van der Waals surface area contributed by atoms with Gasteiger partial charge in [0, 0.05) is 0 Å². The first-order valence-electron chi connectivity index (χ1n) is 7.09. The standard InChI is InChI=1S/C16H18FNO6/c1-4-9(2)24-16(22)13(8-14(19)20)18-12-7-10(15(21)23-3)5-6-11(12)17/h5-9,18H,4H2,1-3H3,(H,19,20). The highest BCUT2D eigenvalue weighted by Gasteiger charge is 2.18. The van der Waals surface area contributed by atoms with E-state index in [0.717, 1.165) is 19.2 Å². The Labute approximate surface area is 138 Å². The maximum Gasteiger partial charge on any atom is 0.355 e. The molecule has 0 amide bonds. The number of carbonyl (C=O) groups excluding carboxylic acids is 2. The SMILES string of the molecule is CCC(C)OC(=O)C(=CC(=O)O)Nc1cc(C(=O)OC)ccc1F. The molecular weight excluding hydrogens is 321 g/mol. The van der Waals surface area contributed by atoms with Crippen molar-refractivity contribution in [2.45, 2.75) is 26.4 Å². The molecule has 0 aliphatic rings. The van der Waals surface area contributed by atoms with Crippen molar-refractivity contribution in [1.29, 1.82) is 0 Å². The van der Waals surface area contributed by atoms with E-state index in [1.54, 1.807) is 13.8 Å². The summed E-state index contributed by atoms with van der Waals surface area (Å²) in [5.41, 5.74) is -0.693. The molecule has 0 spiro atoms. The number of anilines is 1. The fourth-order valence-corrected chi connectivity index (χ4v) is 1.61. The average molecular weight is 339 g/mol. The van der Waals surface area contributed by atoms with E-state index in [1.807, 2.05) is 0 Å². The van der Waals surface area contributed by atoms with Crippen LogP contribution in [0.2, 0.25) is 0 Å². The van der Waals surface area contributed by atoms with Gasteiger partial charge in [-0.3, -0.25) is 0 Å². The Balaban J connectivity index is 3.13. The van der Waals surface area contributed by atoms with Gasteiger partial charge < -0.3 is 19.9 Å². The normalized spacial score (nSPS) is 12.2. The highest BCUT2D eigenvalue weighted by atomic mass is 19.1. The minimum atomic E-state index is -1.41. The zero-order valence-corrected chi connectivity index (χ0v) is 13.5. The van der Waals surface area contributed by atoms with Gasteiger partial charge in [-0.1, -0.05) is 6.92 Å². The third-order valence-corrected chi connectivity index (χ3v) is 3.03. The Morgan fingerprint density at radius 1 is 1.38 bits per heavy atom. The number of ether oxygens (including phenoxy) is 2. The Morgan fingerprint density at radius 2 is 2.04 bits per heavy atom. The van der Waals surface area contributed by atoms with Crippen LogP contribution in [-0.2, 0) is 19.1 Å². The minimum Gasteiger partial charge on any atom is -0.478 e. The summed E-state index contributed by atoms with van der Waals surface area (Å²) in [7, 11) is 1.16. The Hall–Kier alpha value is -2.90. The lowest BCUT2D eigenvalue weighted by atomic mass is 10.2. The zero-order chi connectivity index (χ0) is 18.3. The summed E-state index contributed by atoms with van der Waals surface area (Å²) in [5, 5.41) is 11.2. The second kappa shape index (κ2) is 8.66. The van der Waals surface area contributed by atoms with Crippen molar-refractivity contribution < 1.29 is 33.4 Å². The fraction of sp³-hybridized carbons (Fsp3) is 0.312. The lowest BCUT2D eigenvalue weighted by Gasteiger charge is -2.15. The Bertz CT molecular complexity index is 671. The van der Waals surface area contributed by atoms with Gasteiger partial charge in [-0.2, -0.15) is 0 Å². The maximum atomic E-state index is 13.9. The molecule has 0 aromatic heterocycles. The van der Waals surface area contributed by atoms with Crippen LogP contribution in [0.4, 0.5) is 10.1 Å². The van der Waals surface area contributed by atoms with Crippen LogP contribution in [0.15, 0.2) is 30.0 Å². The lowest BCUT2D eigenvalue weighted by Crippen LogP contribution is -2.21. The first-order chi connectivity index (χ1) is 11.3. The van der Waals surface area contributed by atoms with Gasteiger partial charge in [-0.25, -0.2) is 18.8 Å². The topological polar surface area (TPSA) is 102 Å². The van der Waals surface area contributed by atoms with Crippen molar-refractivity contribution in [2.24, 2.45) is 0 Å². The molecule has 1 aromatic carbocycles. The predicted octanol–water partition coefficient (Wildman–Crippen LogP) is 2.33. The molecule has 0 heterocycles. The molecule has 0 radical (unpaired) electrons. The van der Waals surface area contributed by atoms with Crippen LogP contribution < -0.4 is 5.32 Å². The van der Waals surface area contributed by atoms with E-state index in [4.69, 9.17) is 9.84 Å². The van der Waals surface area contributed by atoms with Gasteiger partial charge >= 0.3 is 17.9 Å². The molecule has 0 aliphatic heterocycles. The van der Waals surface area contributed by atoms with Crippen molar-refractivity contribution in [3.8, 4) is 0 Å². The van der Waals surface area contributed by atoms with E-state index in [1.165, 1.54) is 6.07 Å². The van der Waals surface area contributed by atoms with E-state index >= 15 is 0 Å². The number of carboxylic acids is 1. The Kier molecular flexibility index (Phi) is 6.91. The van der Waals surface area contributed by atoms with Crippen LogP contribution in [0, 0.1) is 5.82 Å². The van der Waals surface area contributed by atoms with E-state index in [9.17, 15) is 18.8 Å². The Morgan fingerprint density at radius 3 is 2.58 bits per heavy atom. The van der Waals surface area contributed by atoms with Crippen LogP contribution in [0.5, 0.6) is 0 Å². The van der Waals surface area contributed by atoms with E-state index < -0.39 is 35.5 Å². The third kappa shape index (κ3) is 5.38. The number of benzene rings is 1. The number of carbonyl (C=O) groups is 3. The number of nitrogens with one attached hydrogen (secondary N) is 1. The van der Waals surface area contributed by atoms with Crippen molar-refractivity contribution in [2.75, 3.05) is 12.4 Å². The average Bonchev–Trinajstić information content (AvgIpc) is 2.54. The fourth-order valence-electron chi connectivity index (χ4n) is 1.61. The smallest absolute Gasteiger partial charge is 0.355 e. The number of hydrogen-bond acceptors (Lipinski definition) is 6. The van der Waals surface area contributed by atoms with Crippen LogP contribution >= 0.6 is 0 Å². The molecule has 7 nitrogen and oxygen atoms in total. The van der Waals surface area contributed by atoms with Gasteiger partial charge in [0.1, 0.15) is 11.5 Å². The van der Waals surface area contributed by atoms with Gasteiger partial charge in [-0.05, 0) is 31.5 Å². The van der Waals surface area contributed by atoms with Crippen molar-refractivity contribution in [3.63, 3.8) is 0 Å². The maximum absolute atomic E-state index is 13.9. The summed E-state index contributed by atoms with van der Waals surface area (Å²) in [5.74, 6) is -3.85. The summed E-state index contributed by atoms with van der Waals surface area (Å²) in [6, 6.07) is 3.30. The molecule has 0 bridgehead atoms. The number of halogens is 1. The van der Waals surface area contributed by atoms with Crippen LogP contribution in [0.3, 0.4) is 0 Å². The second-order valence-electron chi connectivity index (χ2n) is 4.83. The van der Waals surface area contributed by atoms with E-state index in [2.05, 4.69) is 10.1 Å². The second-order valence-corrected chi connectivity index (χ2v) is 4.83. The molecule has 1 atom stereocenters. The summed E-state index contributed by atoms with van der Waals surface area (Å²) < 4.78 is 23.4. The molecule has 2 N–H and O–H groups in total. The molecule has 1 aromatic rings. The molecule has 1 rings (SSSR count). The van der Waals surface area contributed by atoms with Gasteiger partial charge in [0.2, 0.25) is 0 Å². The molecule has 1 unspecified atom stereocenters. The van der Waals surface area contributed by atoms with E-state index in [0.29, 0.717) is 12.5 Å². The molecule has 130 valence electrons. The summed E-state index contributed by atoms with van der Waals surface area (Å²) in [4.78, 5) is 34.4. The number of aliphatic carboxylic acids is 1. The molecule has 24 heavy (non-hydrogen) atoms. The zero-order valence-electron chi connectivity index (χ0n) is 13.5. The highest BCUT2D eigenvalue weighted by Crippen LogP contribution is 2.19. The number of esters is 2. The summed E-state index contributed by atoms with van der Waals surface area (Å²) >= 11 is 0. The van der Waals surface area contributed by atoms with Crippen molar-refractivity contribution >= 4 is 23.6 Å². The molecule has 0 fully saturated rings. The first kappa shape index (κ1) is 19.1. The number of carboxylic acid groups (broad SMARTS) is 1. The summed E-state index contributed by atoms with van der Waals surface area (Å²) in [6.07, 6.45) is 0.649. The minimum absolute atomic E-state index is 0.0337. The first-order valence-corrected chi connectivity index (χ1v) is 7.09. The molecular formula is C16H18FNO6. The number of methoxy groups -OCH3 is 1. The third-order valence-electron chi connectivity index (χ3n) is 3.03. The highest BCUT2D eigenvalue weighted by molar-refractivity contribution is 5.98. The number of hydrogen-bond donors (Lipinski definition) is 2. The number of rotatable bonds is 7. The molecule has 0 saturated heterocycles. The van der Waals surface area contributed by atoms with Gasteiger partial charge in [0.15, 0.2) is 0 Å². The predicted molar refractivity (Wildman–Crippen MR) is 82.9 cm³/mol. The molecule has 8 heteroatoms. The molecule has 0 aliphatic carbocycles. The van der Waals surface area contributed by atoms with E-state index in [-0.39, 0.29) is 11.3 Å². The van der Waals surface area contributed by atoms with Crippen LogP contribution in [0.25, 0.3) is 0 Å². The van der Waals surface area contributed by atoms with Crippen molar-refractivity contribution in [1.82, 2.24) is 0 Å². The van der Waals surface area contributed by atoms with Crippen LogP contribution in [-0.4, -0.2) is 36.2 Å². The monoisotopic (exact) mass is 339 g/mol. The summed E-state index contributed by atoms with van der Waals surface area (Å²) in [6.45, 7) is 3.42. The lowest BCUT2D eigenvalue weighted by molar-refractivity contribution is -0.144. The van der Waals surface area contributed by atoms with Gasteiger partial charge in [0.05, 0.1) is 30.5 Å². The largest absolute Gasteiger partial charge is 0.478 e. The van der Waals surface area contributed by atoms with Crippen LogP contribution in [0.1, 0.15) is 30.6 Å².